The van der Waals surface area contributed by atoms with E-state index in [1.165, 1.54) is 29.1 Å². The number of carbonyl (C=O) groups is 2. The smallest absolute Gasteiger partial charge is 0.383 e. The van der Waals surface area contributed by atoms with E-state index in [1.807, 2.05) is 0 Å². The number of aliphatic hydroxyl groups is 5. The van der Waals surface area contributed by atoms with Crippen molar-refractivity contribution in [3.8, 4) is 0 Å². The number of carbonyl (C=O) groups excluding carboxylic acids is 2. The predicted octanol–water partition coefficient (Wildman–Crippen LogP) is -0.760. The summed E-state index contributed by atoms with van der Waals surface area (Å²) in [5.74, 6) is -9.88. The number of hydrogen-bond donors (Lipinski definition) is 6. The maximum Gasteiger partial charge on any atom is 0.417 e. The minimum absolute atomic E-state index is 0.0839. The number of fused-ring (bicyclic) bond motifs is 3. The lowest BCUT2D eigenvalue weighted by molar-refractivity contribution is -0.207. The van der Waals surface area contributed by atoms with E-state index in [0.29, 0.717) is 44.1 Å². The van der Waals surface area contributed by atoms with Crippen molar-refractivity contribution in [2.45, 2.75) is 29.9 Å². The van der Waals surface area contributed by atoms with Gasteiger partial charge in [-0.3, -0.25) is 24.3 Å². The average Bonchev–Trinajstić information content (AvgIpc) is 3.17. The third kappa shape index (κ3) is 3.97. The van der Waals surface area contributed by atoms with Crippen LogP contribution in [0, 0.1) is 0 Å². The number of halogens is 3. The Hall–Kier alpha value is -4.42. The first-order valence-corrected chi connectivity index (χ1v) is 11.7. The van der Waals surface area contributed by atoms with E-state index in [9.17, 15) is 48.3 Å². The summed E-state index contributed by atoms with van der Waals surface area (Å²) in [7, 11) is 2.53. The molecule has 4 aromatic rings. The topological polar surface area (TPSA) is 211 Å². The van der Waals surface area contributed by atoms with Crippen LogP contribution in [0.25, 0.3) is 21.8 Å². The molecule has 0 spiro atoms. The van der Waals surface area contributed by atoms with Crippen molar-refractivity contribution in [3.63, 3.8) is 0 Å². The van der Waals surface area contributed by atoms with Gasteiger partial charge in [-0.2, -0.15) is 18.3 Å². The predicted molar refractivity (Wildman–Crippen MR) is 132 cm³/mol. The van der Waals surface area contributed by atoms with Crippen LogP contribution in [-0.2, 0) is 24.6 Å². The van der Waals surface area contributed by atoms with Crippen molar-refractivity contribution in [1.82, 2.24) is 29.8 Å². The average molecular weight is 577 g/mol. The molecule has 0 unspecified atom stereocenters. The molecule has 5 rings (SSSR count). The molecule has 3 aromatic heterocycles. The Labute approximate surface area is 227 Å². The summed E-state index contributed by atoms with van der Waals surface area (Å²) in [5, 5.41) is 55.6. The van der Waals surface area contributed by atoms with Crippen LogP contribution in [-0.4, -0.2) is 91.3 Å². The molecule has 41 heavy (non-hydrogen) atoms. The summed E-state index contributed by atoms with van der Waals surface area (Å²) in [5.41, 5.74) is 2.04. The molecule has 0 bridgehead atoms. The Bertz CT molecular complexity index is 1710. The van der Waals surface area contributed by atoms with Crippen LogP contribution in [0.4, 0.5) is 19.0 Å². The molecule has 1 aliphatic carbocycles. The number of benzene rings is 1. The van der Waals surface area contributed by atoms with Crippen LogP contribution in [0.3, 0.4) is 0 Å². The third-order valence-corrected chi connectivity index (χ3v) is 7.05. The van der Waals surface area contributed by atoms with Crippen LogP contribution < -0.4 is 5.73 Å². The van der Waals surface area contributed by atoms with E-state index in [2.05, 4.69) is 15.1 Å². The van der Waals surface area contributed by atoms with Crippen molar-refractivity contribution in [1.29, 1.82) is 0 Å². The summed E-state index contributed by atoms with van der Waals surface area (Å²) in [6.07, 6.45) is -2.71. The Morgan fingerprint density at radius 3 is 2.24 bits per heavy atom. The van der Waals surface area contributed by atoms with Gasteiger partial charge in [0.15, 0.2) is 0 Å². The maximum atomic E-state index is 13.8. The molecule has 3 heterocycles. The summed E-state index contributed by atoms with van der Waals surface area (Å²) in [6, 6.07) is 5.82. The van der Waals surface area contributed by atoms with Gasteiger partial charge in [-0.05, 0) is 30.3 Å². The fourth-order valence-electron chi connectivity index (χ4n) is 4.52. The van der Waals surface area contributed by atoms with Gasteiger partial charge in [-0.1, -0.05) is 0 Å². The van der Waals surface area contributed by atoms with Gasteiger partial charge in [-0.15, -0.1) is 0 Å². The maximum absolute atomic E-state index is 13.8. The molecule has 216 valence electrons. The van der Waals surface area contributed by atoms with Gasteiger partial charge < -0.3 is 31.3 Å². The first kappa shape index (κ1) is 28.1. The van der Waals surface area contributed by atoms with Crippen molar-refractivity contribution >= 4 is 39.4 Å². The van der Waals surface area contributed by atoms with Gasteiger partial charge >= 0.3 is 6.18 Å². The molecule has 7 N–H and O–H groups in total. The van der Waals surface area contributed by atoms with Gasteiger partial charge in [0.1, 0.15) is 5.82 Å². The Morgan fingerprint density at radius 1 is 1.02 bits per heavy atom. The number of aryl methyl sites for hydroxylation is 1. The van der Waals surface area contributed by atoms with E-state index in [0.717, 1.165) is 13.1 Å². The molecule has 0 radical (unpaired) electrons. The van der Waals surface area contributed by atoms with Crippen molar-refractivity contribution in [2.24, 2.45) is 7.05 Å². The molecule has 0 atom stereocenters. The molecule has 0 saturated heterocycles. The van der Waals surface area contributed by atoms with Crippen LogP contribution in [0.2, 0.25) is 0 Å². The molecule has 1 aromatic carbocycles. The molecule has 2 amide bonds. The number of nitrogens with zero attached hydrogens (tertiary/aromatic N) is 6. The second-order valence-electron chi connectivity index (χ2n) is 9.54. The summed E-state index contributed by atoms with van der Waals surface area (Å²) < 4.78 is 40.6. The number of nitrogens with two attached hydrogens (primary N) is 1. The lowest BCUT2D eigenvalue weighted by Crippen LogP contribution is -2.54. The van der Waals surface area contributed by atoms with Crippen LogP contribution in [0.15, 0.2) is 42.7 Å². The first-order chi connectivity index (χ1) is 18.9. The molecular formula is C24H22F3N7O7. The lowest BCUT2D eigenvalue weighted by atomic mass is 10.1. The second kappa shape index (κ2) is 8.79. The molecule has 17 heteroatoms. The molecule has 0 aliphatic heterocycles. The minimum atomic E-state index is -4.69. The number of rotatable bonds is 4. The molecule has 1 saturated carbocycles. The SMILES string of the molecule is CN(C(=O)C1(O)C(O)(O)C1(O)O)N(Cc1ccc(C(F)(F)F)cn1)C(=O)c1ccc2nc(N)c3cnn(C)c3c2c1. The highest BCUT2D eigenvalue weighted by Crippen LogP contribution is 2.55. The Balaban J connectivity index is 1.58. The fourth-order valence-corrected chi connectivity index (χ4v) is 4.52. The number of aromatic nitrogens is 4. The highest BCUT2D eigenvalue weighted by molar-refractivity contribution is 6.10. The van der Waals surface area contributed by atoms with E-state index in [-0.39, 0.29) is 17.1 Å². The Morgan fingerprint density at radius 2 is 1.68 bits per heavy atom. The number of hydrazine groups is 1. The van der Waals surface area contributed by atoms with E-state index >= 15 is 0 Å². The fraction of sp³-hybridized carbons (Fsp3) is 0.292. The second-order valence-corrected chi connectivity index (χ2v) is 9.54. The van der Waals surface area contributed by atoms with Crippen molar-refractivity contribution < 1.29 is 48.3 Å². The van der Waals surface area contributed by atoms with Gasteiger partial charge in [0.25, 0.3) is 29.0 Å². The van der Waals surface area contributed by atoms with E-state index in [4.69, 9.17) is 5.73 Å². The van der Waals surface area contributed by atoms with Crippen molar-refractivity contribution in [3.05, 3.63) is 59.5 Å². The standard InChI is InChI=1S/C24H22F3N7O7/c1-32-17-14-7-11(3-6-16(14)31-18(28)15(17)9-30-32)19(35)34(10-13-5-4-12(8-29-13)22(25,26)27)33(2)20(36)21(37)23(38,39)24(21,40)41/h3-9,37-41H,10H2,1-2H3,(H2,28,31). The molecule has 14 nitrogen and oxygen atoms in total. The largest absolute Gasteiger partial charge is 0.417 e. The Kier molecular flexibility index (Phi) is 6.03. The monoisotopic (exact) mass is 577 g/mol. The number of nitrogen functional groups attached to an aromatic ring is 1. The highest BCUT2D eigenvalue weighted by Gasteiger charge is 2.94. The summed E-state index contributed by atoms with van der Waals surface area (Å²) in [6.45, 7) is -0.665. The number of hydrogen-bond acceptors (Lipinski definition) is 11. The van der Waals surface area contributed by atoms with Crippen molar-refractivity contribution in [2.75, 3.05) is 12.8 Å². The number of pyridine rings is 2. The minimum Gasteiger partial charge on any atom is -0.383 e. The molecule has 1 aliphatic rings. The number of alkyl halides is 3. The van der Waals surface area contributed by atoms with Crippen LogP contribution >= 0.6 is 0 Å². The molecular weight excluding hydrogens is 555 g/mol. The van der Waals surface area contributed by atoms with E-state index < -0.39 is 47.3 Å². The van der Waals surface area contributed by atoms with Crippen LogP contribution in [0.5, 0.6) is 0 Å². The quantitative estimate of drug-likeness (QED) is 0.131. The zero-order valence-corrected chi connectivity index (χ0v) is 21.2. The van der Waals surface area contributed by atoms with Gasteiger partial charge in [0, 0.05) is 31.2 Å². The summed E-state index contributed by atoms with van der Waals surface area (Å²) >= 11 is 0. The number of anilines is 1. The third-order valence-electron chi connectivity index (χ3n) is 7.05. The first-order valence-electron chi connectivity index (χ1n) is 11.7. The van der Waals surface area contributed by atoms with Gasteiger partial charge in [0.05, 0.1) is 40.4 Å². The van der Waals surface area contributed by atoms with Gasteiger partial charge in [-0.25, -0.2) is 9.99 Å². The lowest BCUT2D eigenvalue weighted by Gasteiger charge is -2.33. The zero-order chi connectivity index (χ0) is 30.3. The summed E-state index contributed by atoms with van der Waals surface area (Å²) in [4.78, 5) is 34.8. The normalized spacial score (nSPS) is 17.0. The molecule has 1 fully saturated rings. The van der Waals surface area contributed by atoms with Crippen LogP contribution in [0.1, 0.15) is 21.6 Å². The zero-order valence-electron chi connectivity index (χ0n) is 21.2. The van der Waals surface area contributed by atoms with E-state index in [1.54, 1.807) is 7.05 Å². The van der Waals surface area contributed by atoms with Gasteiger partial charge in [0.2, 0.25) is 0 Å². The number of amides is 2. The highest BCUT2D eigenvalue weighted by atomic mass is 19.4. The number of likely N-dealkylation sites (N-methyl/N-ethyl adjacent to an activating group) is 1.